The molecule has 0 spiro atoms. The molecule has 5 aromatic carbocycles. The fraction of sp³-hybridized carbons (Fsp3) is 0.0625. The second-order valence-corrected chi connectivity index (χ2v) is 11.0. The van der Waals surface area contributed by atoms with Crippen LogP contribution >= 0.6 is 31.9 Å². The van der Waals surface area contributed by atoms with E-state index in [9.17, 15) is 0 Å². The molecule has 7 aromatic rings. The number of nitrogens with one attached hydrogen (secondary N) is 2. The summed E-state index contributed by atoms with van der Waals surface area (Å²) in [5.41, 5.74) is 8.63. The number of para-hydroxylation sites is 2. The molecule has 0 saturated carbocycles. The Balaban J connectivity index is 1.46. The van der Waals surface area contributed by atoms with Crippen molar-refractivity contribution >= 4 is 75.5 Å². The second kappa shape index (κ2) is 8.93. The second-order valence-electron chi connectivity index (χ2n) is 9.28. The maximum absolute atomic E-state index is 5.75. The first-order chi connectivity index (χ1) is 18.6. The van der Waals surface area contributed by atoms with Crippen LogP contribution in [0.2, 0.25) is 0 Å². The lowest BCUT2D eigenvalue weighted by Crippen LogP contribution is -1.91. The number of rotatable bonds is 4. The first-order valence-electron chi connectivity index (χ1n) is 12.2. The summed E-state index contributed by atoms with van der Waals surface area (Å²) < 4.78 is 13.5. The molecule has 0 unspecified atom stereocenters. The van der Waals surface area contributed by atoms with E-state index in [4.69, 9.17) is 9.47 Å². The zero-order valence-corrected chi connectivity index (χ0v) is 23.8. The van der Waals surface area contributed by atoms with Crippen LogP contribution in [0.1, 0.15) is 0 Å². The van der Waals surface area contributed by atoms with Crippen molar-refractivity contribution in [1.82, 2.24) is 9.97 Å². The molecular weight excluding hydrogens is 604 g/mol. The fourth-order valence-corrected chi connectivity index (χ4v) is 6.71. The molecule has 0 atom stereocenters. The fourth-order valence-electron chi connectivity index (χ4n) is 5.60. The van der Waals surface area contributed by atoms with Crippen LogP contribution in [-0.2, 0) is 0 Å². The van der Waals surface area contributed by atoms with E-state index >= 15 is 0 Å². The Kier molecular flexibility index (Phi) is 5.49. The Morgan fingerprint density at radius 2 is 0.947 bits per heavy atom. The Hall–Kier alpha value is -3.74. The third-order valence-corrected chi connectivity index (χ3v) is 8.64. The van der Waals surface area contributed by atoms with Gasteiger partial charge in [0, 0.05) is 52.7 Å². The maximum atomic E-state index is 5.75. The number of fused-ring (bicyclic) bond motifs is 6. The van der Waals surface area contributed by atoms with Crippen molar-refractivity contribution in [3.05, 3.63) is 93.9 Å². The van der Waals surface area contributed by atoms with Crippen molar-refractivity contribution < 1.29 is 9.47 Å². The van der Waals surface area contributed by atoms with Gasteiger partial charge in [0.25, 0.3) is 0 Å². The lowest BCUT2D eigenvalue weighted by Gasteiger charge is -2.14. The van der Waals surface area contributed by atoms with Crippen LogP contribution in [0.15, 0.2) is 93.9 Å². The van der Waals surface area contributed by atoms with Crippen molar-refractivity contribution in [2.75, 3.05) is 14.2 Å². The summed E-state index contributed by atoms with van der Waals surface area (Å²) in [7, 11) is 3.44. The van der Waals surface area contributed by atoms with E-state index in [0.717, 1.165) is 86.3 Å². The first kappa shape index (κ1) is 23.4. The van der Waals surface area contributed by atoms with Crippen LogP contribution in [0, 0.1) is 0 Å². The minimum absolute atomic E-state index is 0.854. The van der Waals surface area contributed by atoms with Gasteiger partial charge < -0.3 is 19.4 Å². The molecule has 0 aliphatic carbocycles. The zero-order valence-electron chi connectivity index (χ0n) is 20.7. The number of aromatic nitrogens is 2. The Labute approximate surface area is 235 Å². The third-order valence-electron chi connectivity index (χ3n) is 7.32. The lowest BCUT2D eigenvalue weighted by atomic mass is 9.97. The average Bonchev–Trinajstić information content (AvgIpc) is 3.53. The van der Waals surface area contributed by atoms with Gasteiger partial charge in [0.15, 0.2) is 0 Å². The van der Waals surface area contributed by atoms with Gasteiger partial charge in [-0.25, -0.2) is 0 Å². The highest BCUT2D eigenvalue weighted by molar-refractivity contribution is 9.11. The summed E-state index contributed by atoms with van der Waals surface area (Å²) in [6.07, 6.45) is 0. The quantitative estimate of drug-likeness (QED) is 0.204. The molecule has 0 bridgehead atoms. The highest BCUT2D eigenvalue weighted by Crippen LogP contribution is 2.46. The lowest BCUT2D eigenvalue weighted by molar-refractivity contribution is 0.420. The molecule has 4 nitrogen and oxygen atoms in total. The predicted octanol–water partition coefficient (Wildman–Crippen LogP) is 9.83. The normalized spacial score (nSPS) is 11.7. The Morgan fingerprint density at radius 3 is 1.37 bits per heavy atom. The summed E-state index contributed by atoms with van der Waals surface area (Å²) in [6, 6.07) is 29.4. The van der Waals surface area contributed by atoms with Gasteiger partial charge in [-0.15, -0.1) is 0 Å². The third kappa shape index (κ3) is 3.40. The molecule has 2 heterocycles. The van der Waals surface area contributed by atoms with Gasteiger partial charge in [-0.2, -0.15) is 0 Å². The van der Waals surface area contributed by atoms with Crippen LogP contribution < -0.4 is 9.47 Å². The number of benzene rings is 5. The summed E-state index contributed by atoms with van der Waals surface area (Å²) >= 11 is 7.81. The van der Waals surface area contributed by atoms with Crippen LogP contribution in [0.5, 0.6) is 11.5 Å². The first-order valence-corrected chi connectivity index (χ1v) is 13.8. The van der Waals surface area contributed by atoms with Crippen molar-refractivity contribution in [1.29, 1.82) is 0 Å². The highest BCUT2D eigenvalue weighted by Gasteiger charge is 2.20. The largest absolute Gasteiger partial charge is 0.496 e. The predicted molar refractivity (Wildman–Crippen MR) is 165 cm³/mol. The molecule has 2 aromatic heterocycles. The average molecular weight is 626 g/mol. The van der Waals surface area contributed by atoms with Crippen LogP contribution in [0.25, 0.3) is 65.9 Å². The van der Waals surface area contributed by atoms with Crippen LogP contribution in [-0.4, -0.2) is 24.2 Å². The minimum atomic E-state index is 0.854. The molecule has 7 rings (SSSR count). The Bertz CT molecular complexity index is 1890. The molecule has 6 heteroatoms. The Morgan fingerprint density at radius 1 is 0.526 bits per heavy atom. The van der Waals surface area contributed by atoms with Crippen molar-refractivity contribution in [2.24, 2.45) is 0 Å². The smallest absolute Gasteiger partial charge is 0.128 e. The van der Waals surface area contributed by atoms with Crippen molar-refractivity contribution in [3.8, 4) is 33.8 Å². The van der Waals surface area contributed by atoms with Gasteiger partial charge in [0.1, 0.15) is 11.5 Å². The summed E-state index contributed by atoms with van der Waals surface area (Å²) in [4.78, 5) is 7.26. The number of methoxy groups -OCH3 is 2. The highest BCUT2D eigenvalue weighted by atomic mass is 79.9. The van der Waals surface area contributed by atoms with E-state index in [1.54, 1.807) is 14.2 Å². The molecule has 0 amide bonds. The van der Waals surface area contributed by atoms with E-state index in [0.29, 0.717) is 0 Å². The minimum Gasteiger partial charge on any atom is -0.496 e. The SMILES string of the molecule is COc1ccc(-c2cc(Br)c(-c3ccc(OC)c4c3[nH]c3ccccc34)cc2Br)c2[nH]c3ccccc3c12. The number of hydrogen-bond acceptors (Lipinski definition) is 2. The molecule has 38 heavy (non-hydrogen) atoms. The van der Waals surface area contributed by atoms with Crippen LogP contribution in [0.3, 0.4) is 0 Å². The number of halogens is 2. The van der Waals surface area contributed by atoms with Crippen molar-refractivity contribution in [2.45, 2.75) is 0 Å². The molecule has 0 fully saturated rings. The van der Waals surface area contributed by atoms with Gasteiger partial charge in [-0.1, -0.05) is 68.3 Å². The molecule has 2 N–H and O–H groups in total. The number of hydrogen-bond donors (Lipinski definition) is 2. The summed E-state index contributed by atoms with van der Waals surface area (Å²) in [5, 5.41) is 4.46. The monoisotopic (exact) mass is 624 g/mol. The van der Waals surface area contributed by atoms with E-state index in [-0.39, 0.29) is 0 Å². The number of H-pyrrole nitrogens is 2. The van der Waals surface area contributed by atoms with E-state index in [1.165, 1.54) is 0 Å². The molecule has 0 saturated heterocycles. The van der Waals surface area contributed by atoms with Gasteiger partial charge in [0.05, 0.1) is 25.3 Å². The van der Waals surface area contributed by atoms with Gasteiger partial charge in [-0.05, 0) is 59.7 Å². The molecular formula is C32H22Br2N2O2. The van der Waals surface area contributed by atoms with E-state index in [2.05, 4.69) is 102 Å². The topological polar surface area (TPSA) is 50.0 Å². The van der Waals surface area contributed by atoms with Gasteiger partial charge in [0.2, 0.25) is 0 Å². The number of aromatic amines is 2. The zero-order chi connectivity index (χ0) is 26.0. The van der Waals surface area contributed by atoms with Crippen LogP contribution in [0.4, 0.5) is 0 Å². The van der Waals surface area contributed by atoms with E-state index in [1.807, 2.05) is 24.3 Å². The maximum Gasteiger partial charge on any atom is 0.128 e. The standard InChI is InChI=1S/C32H22Br2N2O2/c1-37-27-13-11-17(31-29(27)19-7-3-5-9-25(19)35-31)21-15-24(34)22(16-23(21)33)18-12-14-28(38-2)30-20-8-4-6-10-26(20)36-32(18)30/h3-16,35-36H,1-2H3. The molecule has 0 aliphatic heterocycles. The van der Waals surface area contributed by atoms with Gasteiger partial charge in [-0.3, -0.25) is 0 Å². The molecule has 186 valence electrons. The van der Waals surface area contributed by atoms with Gasteiger partial charge >= 0.3 is 0 Å². The number of ether oxygens (including phenoxy) is 2. The summed E-state index contributed by atoms with van der Waals surface area (Å²) in [5.74, 6) is 1.71. The van der Waals surface area contributed by atoms with E-state index < -0.39 is 0 Å². The van der Waals surface area contributed by atoms with Crippen molar-refractivity contribution in [3.63, 3.8) is 0 Å². The summed E-state index contributed by atoms with van der Waals surface area (Å²) in [6.45, 7) is 0. The molecule has 0 radical (unpaired) electrons. The molecule has 0 aliphatic rings.